The Kier molecular flexibility index (Phi) is 5.52. The molecule has 116 valence electrons. The van der Waals surface area contributed by atoms with E-state index in [1.54, 1.807) is 20.8 Å². The second kappa shape index (κ2) is 6.92. The van der Waals surface area contributed by atoms with Crippen molar-refractivity contribution in [2.75, 3.05) is 7.11 Å². The van der Waals surface area contributed by atoms with Crippen LogP contribution in [0.25, 0.3) is 0 Å². The van der Waals surface area contributed by atoms with Gasteiger partial charge in [-0.1, -0.05) is 0 Å². The Labute approximate surface area is 122 Å². The van der Waals surface area contributed by atoms with Gasteiger partial charge in [0.25, 0.3) is 5.91 Å². The zero-order chi connectivity index (χ0) is 16.2. The molecule has 1 heterocycles. The zero-order valence-electron chi connectivity index (χ0n) is 12.5. The third-order valence-corrected chi connectivity index (χ3v) is 3.26. The number of methoxy groups -OCH3 is 1. The number of hydrogen-bond acceptors (Lipinski definition) is 5. The predicted octanol–water partition coefficient (Wildman–Crippen LogP) is 1.34. The summed E-state index contributed by atoms with van der Waals surface area (Å²) in [5.74, 6) is -1.22. The van der Waals surface area contributed by atoms with Gasteiger partial charge in [-0.05, 0) is 27.2 Å². The number of nitrogens with one attached hydrogen (secondary N) is 1. The van der Waals surface area contributed by atoms with Crippen LogP contribution < -0.4 is 5.32 Å². The maximum absolute atomic E-state index is 12.2. The molecule has 0 saturated carbocycles. The number of carbonyl (C=O) groups excluding carboxylic acids is 2. The molecule has 0 aliphatic heterocycles. The molecule has 0 spiro atoms. The average Bonchev–Trinajstić information content (AvgIpc) is 2.67. The maximum atomic E-state index is 12.2. The summed E-state index contributed by atoms with van der Waals surface area (Å²) in [5.41, 5.74) is 0.999. The Morgan fingerprint density at radius 2 is 1.86 bits per heavy atom. The van der Waals surface area contributed by atoms with E-state index in [9.17, 15) is 14.4 Å². The highest BCUT2D eigenvalue weighted by atomic mass is 16.5. The molecule has 1 aromatic rings. The number of aryl methyl sites for hydroxylation is 2. The lowest BCUT2D eigenvalue weighted by Crippen LogP contribution is -2.41. The molecule has 0 bridgehead atoms. The number of ether oxygens (including phenoxy) is 1. The number of amides is 1. The summed E-state index contributed by atoms with van der Waals surface area (Å²) >= 11 is 0. The van der Waals surface area contributed by atoms with E-state index in [0.717, 1.165) is 0 Å². The van der Waals surface area contributed by atoms with E-state index in [0.29, 0.717) is 22.6 Å². The van der Waals surface area contributed by atoms with Gasteiger partial charge in [0.2, 0.25) is 0 Å². The van der Waals surface area contributed by atoms with Gasteiger partial charge in [0.05, 0.1) is 12.7 Å². The van der Waals surface area contributed by atoms with Crippen molar-refractivity contribution >= 4 is 17.8 Å². The van der Waals surface area contributed by atoms with Crippen molar-refractivity contribution in [2.24, 2.45) is 0 Å². The van der Waals surface area contributed by atoms with Crippen LogP contribution in [0.5, 0.6) is 0 Å². The molecule has 1 amide bonds. The molecule has 7 nitrogen and oxygen atoms in total. The third kappa shape index (κ3) is 4.08. The number of carbonyl (C=O) groups is 3. The minimum atomic E-state index is -1.21. The summed E-state index contributed by atoms with van der Waals surface area (Å²) in [4.78, 5) is 34.4. The van der Waals surface area contributed by atoms with Crippen molar-refractivity contribution in [1.82, 2.24) is 5.32 Å². The van der Waals surface area contributed by atoms with E-state index in [4.69, 9.17) is 9.52 Å². The van der Waals surface area contributed by atoms with Crippen molar-refractivity contribution in [3.05, 3.63) is 22.6 Å². The molecule has 2 N–H and O–H groups in total. The topological polar surface area (TPSA) is 106 Å². The second-order valence-corrected chi connectivity index (χ2v) is 4.69. The third-order valence-electron chi connectivity index (χ3n) is 3.26. The zero-order valence-corrected chi connectivity index (χ0v) is 12.5. The first-order valence-electron chi connectivity index (χ1n) is 6.45. The van der Waals surface area contributed by atoms with E-state index in [-0.39, 0.29) is 12.8 Å². The fourth-order valence-corrected chi connectivity index (χ4v) is 1.98. The largest absolute Gasteiger partial charge is 0.480 e. The monoisotopic (exact) mass is 297 g/mol. The highest BCUT2D eigenvalue weighted by molar-refractivity contribution is 5.98. The molecule has 1 aromatic heterocycles. The minimum absolute atomic E-state index is 0.0390. The molecular formula is C14H19NO6. The number of aliphatic carboxylic acids is 1. The SMILES string of the molecule is COC(=O)CC[C@@H](NC(=O)c1c(C)oc(C)c1C)C(=O)O. The van der Waals surface area contributed by atoms with Crippen LogP contribution in [0.4, 0.5) is 0 Å². The Morgan fingerprint density at radius 3 is 2.29 bits per heavy atom. The number of rotatable bonds is 6. The summed E-state index contributed by atoms with van der Waals surface area (Å²) in [6, 6.07) is -1.16. The summed E-state index contributed by atoms with van der Waals surface area (Å²) in [6.45, 7) is 5.09. The van der Waals surface area contributed by atoms with Gasteiger partial charge in [-0.15, -0.1) is 0 Å². The van der Waals surface area contributed by atoms with Gasteiger partial charge >= 0.3 is 11.9 Å². The van der Waals surface area contributed by atoms with Gasteiger partial charge in [0.15, 0.2) is 0 Å². The number of esters is 1. The van der Waals surface area contributed by atoms with Crippen molar-refractivity contribution < 1.29 is 28.6 Å². The summed E-state index contributed by atoms with van der Waals surface area (Å²) < 4.78 is 9.79. The average molecular weight is 297 g/mol. The Hall–Kier alpha value is -2.31. The summed E-state index contributed by atoms with van der Waals surface area (Å²) in [7, 11) is 1.22. The predicted molar refractivity (Wildman–Crippen MR) is 73.1 cm³/mol. The lowest BCUT2D eigenvalue weighted by atomic mass is 10.1. The highest BCUT2D eigenvalue weighted by Crippen LogP contribution is 2.20. The molecule has 0 saturated heterocycles. The van der Waals surface area contributed by atoms with E-state index < -0.39 is 23.9 Å². The minimum Gasteiger partial charge on any atom is -0.480 e. The van der Waals surface area contributed by atoms with Crippen molar-refractivity contribution in [2.45, 2.75) is 39.7 Å². The van der Waals surface area contributed by atoms with Gasteiger partial charge < -0.3 is 19.6 Å². The number of furan rings is 1. The first kappa shape index (κ1) is 16.7. The summed E-state index contributed by atoms with van der Waals surface area (Å²) in [5, 5.41) is 11.5. The molecule has 0 aliphatic rings. The fourth-order valence-electron chi connectivity index (χ4n) is 1.98. The van der Waals surface area contributed by atoms with Crippen LogP contribution >= 0.6 is 0 Å². The maximum Gasteiger partial charge on any atom is 0.326 e. The second-order valence-electron chi connectivity index (χ2n) is 4.69. The van der Waals surface area contributed by atoms with Gasteiger partial charge in [-0.3, -0.25) is 9.59 Å². The lowest BCUT2D eigenvalue weighted by Gasteiger charge is -2.14. The Morgan fingerprint density at radius 1 is 1.24 bits per heavy atom. The van der Waals surface area contributed by atoms with Crippen LogP contribution in [0.2, 0.25) is 0 Å². The van der Waals surface area contributed by atoms with Crippen LogP contribution in [0.3, 0.4) is 0 Å². The van der Waals surface area contributed by atoms with Gasteiger partial charge in [0, 0.05) is 12.0 Å². The smallest absolute Gasteiger partial charge is 0.326 e. The van der Waals surface area contributed by atoms with E-state index >= 15 is 0 Å². The molecule has 0 aliphatic carbocycles. The molecule has 0 aromatic carbocycles. The first-order chi connectivity index (χ1) is 9.77. The van der Waals surface area contributed by atoms with Crippen molar-refractivity contribution in [3.8, 4) is 0 Å². The Bertz CT molecular complexity index is 560. The molecule has 1 rings (SSSR count). The van der Waals surface area contributed by atoms with Crippen LogP contribution in [-0.4, -0.2) is 36.1 Å². The van der Waals surface area contributed by atoms with E-state index in [1.807, 2.05) is 0 Å². The normalized spacial score (nSPS) is 11.8. The highest BCUT2D eigenvalue weighted by Gasteiger charge is 2.25. The van der Waals surface area contributed by atoms with Crippen molar-refractivity contribution in [1.29, 1.82) is 0 Å². The van der Waals surface area contributed by atoms with Crippen LogP contribution in [0.1, 0.15) is 40.3 Å². The van der Waals surface area contributed by atoms with Crippen LogP contribution in [0, 0.1) is 20.8 Å². The molecule has 0 radical (unpaired) electrons. The van der Waals surface area contributed by atoms with E-state index in [2.05, 4.69) is 10.1 Å². The molecule has 7 heteroatoms. The van der Waals surface area contributed by atoms with Gasteiger partial charge in [-0.2, -0.15) is 0 Å². The molecule has 21 heavy (non-hydrogen) atoms. The summed E-state index contributed by atoms with van der Waals surface area (Å²) in [6.07, 6.45) is -0.126. The lowest BCUT2D eigenvalue weighted by molar-refractivity contribution is -0.142. The van der Waals surface area contributed by atoms with Gasteiger partial charge in [-0.25, -0.2) is 4.79 Å². The standard InChI is InChI=1S/C14H19NO6/c1-7-8(2)21-9(3)12(7)13(17)15-10(14(18)19)5-6-11(16)20-4/h10H,5-6H2,1-4H3,(H,15,17)(H,18,19)/t10-/m1/s1. The van der Waals surface area contributed by atoms with Crippen molar-refractivity contribution in [3.63, 3.8) is 0 Å². The number of hydrogen-bond donors (Lipinski definition) is 2. The molecule has 0 unspecified atom stereocenters. The van der Waals surface area contributed by atoms with Gasteiger partial charge in [0.1, 0.15) is 17.6 Å². The van der Waals surface area contributed by atoms with Crippen LogP contribution in [0.15, 0.2) is 4.42 Å². The Balaban J connectivity index is 2.81. The molecular weight excluding hydrogens is 278 g/mol. The first-order valence-corrected chi connectivity index (χ1v) is 6.45. The number of carboxylic acids is 1. The van der Waals surface area contributed by atoms with Crippen LogP contribution in [-0.2, 0) is 14.3 Å². The molecule has 1 atom stereocenters. The number of carboxylic acid groups (broad SMARTS) is 1. The van der Waals surface area contributed by atoms with E-state index in [1.165, 1.54) is 7.11 Å². The molecule has 0 fully saturated rings. The fraction of sp³-hybridized carbons (Fsp3) is 0.500. The quantitative estimate of drug-likeness (QED) is 0.767.